The number of hydrogen-bond donors (Lipinski definition) is 1. The summed E-state index contributed by atoms with van der Waals surface area (Å²) in [6.45, 7) is 4.42. The van der Waals surface area contributed by atoms with Gasteiger partial charge in [0.1, 0.15) is 0 Å². The van der Waals surface area contributed by atoms with Crippen molar-refractivity contribution in [3.05, 3.63) is 32.7 Å². The van der Waals surface area contributed by atoms with Crippen LogP contribution in [-0.4, -0.2) is 11.4 Å². The molecule has 1 heterocycles. The van der Waals surface area contributed by atoms with Crippen molar-refractivity contribution in [1.29, 1.82) is 0 Å². The lowest BCUT2D eigenvalue weighted by atomic mass is 9.82. The predicted octanol–water partition coefficient (Wildman–Crippen LogP) is 4.45. The second-order valence-corrected chi connectivity index (χ2v) is 7.56. The Bertz CT molecular complexity index is 487. The first-order chi connectivity index (χ1) is 8.90. The van der Waals surface area contributed by atoms with E-state index in [4.69, 9.17) is 0 Å². The van der Waals surface area contributed by atoms with Gasteiger partial charge >= 0.3 is 0 Å². The fourth-order valence-electron chi connectivity index (χ4n) is 2.95. The summed E-state index contributed by atoms with van der Waals surface area (Å²) in [6.07, 6.45) is 3.54. The van der Waals surface area contributed by atoms with Gasteiger partial charge in [-0.15, -0.1) is 0 Å². The normalized spacial score (nSPS) is 22.9. The van der Waals surface area contributed by atoms with Gasteiger partial charge in [-0.2, -0.15) is 0 Å². The van der Waals surface area contributed by atoms with E-state index in [1.54, 1.807) is 0 Å². The predicted molar refractivity (Wildman–Crippen MR) is 85.1 cm³/mol. The summed E-state index contributed by atoms with van der Waals surface area (Å²) in [7, 11) is 0. The largest absolute Gasteiger partial charge is 0.350 e. The third kappa shape index (κ3) is 3.82. The molecule has 4 heteroatoms. The van der Waals surface area contributed by atoms with Crippen LogP contribution in [0.25, 0.3) is 0 Å². The van der Waals surface area contributed by atoms with Crippen LogP contribution in [0.4, 0.5) is 0 Å². The number of benzene rings is 1. The molecule has 0 radical (unpaired) electrons. The molecule has 1 fully saturated rings. The fraction of sp³-hybridized carbons (Fsp3) is 0.533. The average molecular weight is 389 g/mol. The lowest BCUT2D eigenvalue weighted by Crippen LogP contribution is -2.44. The molecule has 1 aromatic carbocycles. The highest BCUT2D eigenvalue weighted by Crippen LogP contribution is 2.33. The van der Waals surface area contributed by atoms with Crippen molar-refractivity contribution >= 4 is 37.8 Å². The molecular weight excluding hydrogens is 370 g/mol. The topological polar surface area (TPSA) is 29.1 Å². The van der Waals surface area contributed by atoms with Crippen molar-refractivity contribution in [2.24, 2.45) is 5.92 Å². The molecule has 0 bridgehead atoms. The highest BCUT2D eigenvalue weighted by atomic mass is 79.9. The summed E-state index contributed by atoms with van der Waals surface area (Å²) in [6, 6.07) is 6.32. The van der Waals surface area contributed by atoms with Gasteiger partial charge in [0.25, 0.3) is 0 Å². The van der Waals surface area contributed by atoms with E-state index >= 15 is 0 Å². The molecule has 0 spiro atoms. The zero-order chi connectivity index (χ0) is 14.0. The molecule has 104 valence electrons. The number of nitrogens with one attached hydrogen (secondary N) is 1. The molecule has 2 nitrogen and oxygen atoms in total. The first kappa shape index (κ1) is 15.0. The highest BCUT2D eigenvalue weighted by Gasteiger charge is 2.38. The van der Waals surface area contributed by atoms with Crippen LogP contribution in [0, 0.1) is 5.92 Å². The second-order valence-electron chi connectivity index (χ2n) is 5.85. The van der Waals surface area contributed by atoms with Crippen LogP contribution in [0.15, 0.2) is 27.1 Å². The summed E-state index contributed by atoms with van der Waals surface area (Å²) in [4.78, 5) is 11.6. The monoisotopic (exact) mass is 387 g/mol. The van der Waals surface area contributed by atoms with Crippen LogP contribution in [0.3, 0.4) is 0 Å². The van der Waals surface area contributed by atoms with Crippen LogP contribution < -0.4 is 5.32 Å². The van der Waals surface area contributed by atoms with Gasteiger partial charge in [0.15, 0.2) is 0 Å². The minimum atomic E-state index is -0.0570. The number of halogens is 2. The molecule has 1 amide bonds. The lowest BCUT2D eigenvalue weighted by molar-refractivity contribution is -0.119. The Balaban J connectivity index is 2.20. The molecule has 1 unspecified atom stereocenters. The van der Waals surface area contributed by atoms with Gasteiger partial charge < -0.3 is 5.32 Å². The zero-order valence-electron chi connectivity index (χ0n) is 11.3. The van der Waals surface area contributed by atoms with E-state index in [0.717, 1.165) is 28.2 Å². The molecule has 2 rings (SSSR count). The van der Waals surface area contributed by atoms with Gasteiger partial charge in [0.05, 0.1) is 0 Å². The van der Waals surface area contributed by atoms with Crippen molar-refractivity contribution in [3.63, 3.8) is 0 Å². The third-order valence-electron chi connectivity index (χ3n) is 3.56. The quantitative estimate of drug-likeness (QED) is 0.810. The first-order valence-corrected chi connectivity index (χ1v) is 8.24. The smallest absolute Gasteiger partial charge is 0.220 e. The van der Waals surface area contributed by atoms with E-state index in [1.807, 2.05) is 0 Å². The Hall–Kier alpha value is -0.350. The van der Waals surface area contributed by atoms with Crippen LogP contribution in [-0.2, 0) is 11.2 Å². The van der Waals surface area contributed by atoms with Crippen LogP contribution in [0.5, 0.6) is 0 Å². The van der Waals surface area contributed by atoms with Gasteiger partial charge in [-0.1, -0.05) is 19.9 Å². The second kappa shape index (κ2) is 5.96. The Morgan fingerprint density at radius 1 is 1.32 bits per heavy atom. The molecule has 1 aromatic rings. The molecule has 19 heavy (non-hydrogen) atoms. The van der Waals surface area contributed by atoms with Crippen molar-refractivity contribution in [2.45, 2.75) is 45.1 Å². The number of hydrogen-bond acceptors (Lipinski definition) is 1. The van der Waals surface area contributed by atoms with E-state index in [2.05, 4.69) is 69.2 Å². The fourth-order valence-corrected chi connectivity index (χ4v) is 3.63. The zero-order valence-corrected chi connectivity index (χ0v) is 14.5. The maximum Gasteiger partial charge on any atom is 0.220 e. The molecule has 0 aliphatic carbocycles. The minimum absolute atomic E-state index is 0.0570. The SMILES string of the molecule is CC(C)CC1(Cc2ccc(Br)c(Br)c2)CCC(=O)N1. The van der Waals surface area contributed by atoms with Crippen molar-refractivity contribution < 1.29 is 4.79 Å². The van der Waals surface area contributed by atoms with E-state index in [1.165, 1.54) is 5.56 Å². The first-order valence-electron chi connectivity index (χ1n) is 6.65. The Morgan fingerprint density at radius 2 is 2.05 bits per heavy atom. The molecule has 1 aliphatic heterocycles. The highest BCUT2D eigenvalue weighted by molar-refractivity contribution is 9.13. The Kier molecular flexibility index (Phi) is 4.72. The summed E-state index contributed by atoms with van der Waals surface area (Å²) in [5.74, 6) is 0.772. The summed E-state index contributed by atoms with van der Waals surface area (Å²) < 4.78 is 2.12. The molecule has 0 saturated carbocycles. The van der Waals surface area contributed by atoms with Crippen LogP contribution in [0.1, 0.15) is 38.7 Å². The molecule has 1 atom stereocenters. The van der Waals surface area contributed by atoms with Crippen molar-refractivity contribution in [1.82, 2.24) is 5.32 Å². The van der Waals surface area contributed by atoms with Gasteiger partial charge in [0, 0.05) is 20.9 Å². The Labute approximate surface area is 131 Å². The van der Waals surface area contributed by atoms with Gasteiger partial charge in [-0.05, 0) is 74.7 Å². The maximum atomic E-state index is 11.6. The third-order valence-corrected chi connectivity index (χ3v) is 5.44. The van der Waals surface area contributed by atoms with E-state index in [-0.39, 0.29) is 11.4 Å². The van der Waals surface area contributed by atoms with E-state index < -0.39 is 0 Å². The van der Waals surface area contributed by atoms with E-state index in [0.29, 0.717) is 12.3 Å². The summed E-state index contributed by atoms with van der Waals surface area (Å²) >= 11 is 7.03. The number of carbonyl (C=O) groups is 1. The maximum absolute atomic E-state index is 11.6. The molecular formula is C15H19Br2NO. The van der Waals surface area contributed by atoms with E-state index in [9.17, 15) is 4.79 Å². The summed E-state index contributed by atoms with van der Waals surface area (Å²) in [5, 5.41) is 3.22. The van der Waals surface area contributed by atoms with Gasteiger partial charge in [-0.25, -0.2) is 0 Å². The number of carbonyl (C=O) groups excluding carboxylic acids is 1. The molecule has 1 aliphatic rings. The minimum Gasteiger partial charge on any atom is -0.350 e. The molecule has 1 saturated heterocycles. The Morgan fingerprint density at radius 3 is 2.58 bits per heavy atom. The lowest BCUT2D eigenvalue weighted by Gasteiger charge is -2.31. The summed E-state index contributed by atoms with van der Waals surface area (Å²) in [5.41, 5.74) is 1.20. The number of rotatable bonds is 4. The van der Waals surface area contributed by atoms with Crippen LogP contribution in [0.2, 0.25) is 0 Å². The standard InChI is InChI=1S/C15H19Br2NO/c1-10(2)8-15(6-5-14(19)18-15)9-11-3-4-12(16)13(17)7-11/h3-4,7,10H,5-6,8-9H2,1-2H3,(H,18,19). The van der Waals surface area contributed by atoms with Crippen molar-refractivity contribution in [3.8, 4) is 0 Å². The average Bonchev–Trinajstić information content (AvgIpc) is 2.64. The molecule has 1 N–H and O–H groups in total. The van der Waals surface area contributed by atoms with Gasteiger partial charge in [-0.3, -0.25) is 4.79 Å². The van der Waals surface area contributed by atoms with Crippen molar-refractivity contribution in [2.75, 3.05) is 0 Å². The number of amides is 1. The van der Waals surface area contributed by atoms with Gasteiger partial charge in [0.2, 0.25) is 5.91 Å². The molecule has 0 aromatic heterocycles. The van der Waals surface area contributed by atoms with Crippen LogP contribution >= 0.6 is 31.9 Å².